The zero-order chi connectivity index (χ0) is 25.1. The van der Waals surface area contributed by atoms with Crippen molar-refractivity contribution in [3.8, 4) is 10.6 Å². The van der Waals surface area contributed by atoms with Crippen molar-refractivity contribution in [2.24, 2.45) is 0 Å². The van der Waals surface area contributed by atoms with Crippen LogP contribution in [-0.2, 0) is 14.3 Å². The van der Waals surface area contributed by atoms with Crippen molar-refractivity contribution < 1.29 is 19.1 Å². The largest absolute Gasteiger partial charge is 0.462 e. The zero-order valence-corrected chi connectivity index (χ0v) is 20.9. The Balaban J connectivity index is 1.64. The predicted molar refractivity (Wildman–Crippen MR) is 142 cm³/mol. The van der Waals surface area contributed by atoms with Crippen LogP contribution in [0.1, 0.15) is 30.9 Å². The number of hydrogen-bond acceptors (Lipinski definition) is 5. The molecule has 0 bridgehead atoms. The van der Waals surface area contributed by atoms with Crippen molar-refractivity contribution in [2.75, 3.05) is 6.61 Å². The minimum atomic E-state index is -0.464. The summed E-state index contributed by atoms with van der Waals surface area (Å²) < 4.78 is 12.7. The highest BCUT2D eigenvalue weighted by Gasteiger charge is 2.24. The summed E-state index contributed by atoms with van der Waals surface area (Å²) in [5.41, 5.74) is 2.07. The second kappa shape index (κ2) is 10.2. The van der Waals surface area contributed by atoms with Crippen LogP contribution >= 0.6 is 10.5 Å². The third-order valence-electron chi connectivity index (χ3n) is 5.70. The van der Waals surface area contributed by atoms with Crippen molar-refractivity contribution >= 4 is 42.6 Å². The van der Waals surface area contributed by atoms with Gasteiger partial charge in [0, 0.05) is 34.6 Å². The molecule has 4 rings (SSSR count). The molecule has 1 aromatic heterocycles. The van der Waals surface area contributed by atoms with E-state index in [1.807, 2.05) is 74.5 Å². The predicted octanol–water partition coefficient (Wildman–Crippen LogP) is 6.51. The molecule has 0 saturated carbocycles. The summed E-state index contributed by atoms with van der Waals surface area (Å²) in [5.74, 6) is -0.304. The Bertz CT molecular complexity index is 1450. The molecule has 35 heavy (non-hydrogen) atoms. The van der Waals surface area contributed by atoms with Crippen LogP contribution in [-0.4, -0.2) is 18.5 Å². The molecule has 0 atom stereocenters. The molecular formula is C29H27O5S+. The number of hydrogen-bond donors (Lipinski definition) is 0. The van der Waals surface area contributed by atoms with Crippen LogP contribution in [0.15, 0.2) is 77.6 Å². The van der Waals surface area contributed by atoms with Gasteiger partial charge in [-0.25, -0.2) is 4.79 Å². The second-order valence-corrected chi connectivity index (χ2v) is 10.5. The van der Waals surface area contributed by atoms with Gasteiger partial charge in [-0.3, -0.25) is 9.59 Å². The zero-order valence-electron chi connectivity index (χ0n) is 20.1. The standard InChI is InChI=1S/C29H27O5S/c1-18(2)29(32)33-15-9-14-26(30)34-28-19(3)16-21(17-20(28)4)35-24-12-7-5-10-22(24)27(31)23-11-6-8-13-25(23)35/h5-8,10-13,16-17H,1,9,14-15H2,2-4H3/q+1. The molecule has 0 unspecified atom stereocenters. The summed E-state index contributed by atoms with van der Waals surface area (Å²) >= 11 is 0. The first-order valence-corrected chi connectivity index (χ1v) is 12.6. The summed E-state index contributed by atoms with van der Waals surface area (Å²) in [6, 6.07) is 19.6. The smallest absolute Gasteiger partial charge is 0.333 e. The molecule has 178 valence electrons. The van der Waals surface area contributed by atoms with Crippen molar-refractivity contribution in [3.05, 3.63) is 94.2 Å². The minimum absolute atomic E-state index is 0.0490. The number of fused-ring (bicyclic) bond motifs is 2. The fraction of sp³-hybridized carbons (Fsp3) is 0.207. The highest BCUT2D eigenvalue weighted by atomic mass is 32.2. The monoisotopic (exact) mass is 487 g/mol. The Labute approximate surface area is 206 Å². The summed E-state index contributed by atoms with van der Waals surface area (Å²) in [6.45, 7) is 9.09. The van der Waals surface area contributed by atoms with Crippen LogP contribution in [0.3, 0.4) is 0 Å². The lowest BCUT2D eigenvalue weighted by Crippen LogP contribution is -2.12. The molecule has 6 heteroatoms. The Morgan fingerprint density at radius 1 is 0.914 bits per heavy atom. The lowest BCUT2D eigenvalue weighted by molar-refractivity contribution is -0.141. The van der Waals surface area contributed by atoms with Gasteiger partial charge in [-0.05, 0) is 62.6 Å². The first-order valence-electron chi connectivity index (χ1n) is 11.4. The minimum Gasteiger partial charge on any atom is -0.462 e. The fourth-order valence-electron chi connectivity index (χ4n) is 4.04. The van der Waals surface area contributed by atoms with Crippen LogP contribution in [0.25, 0.3) is 25.1 Å². The molecule has 0 fully saturated rings. The molecule has 0 saturated heterocycles. The van der Waals surface area contributed by atoms with E-state index >= 15 is 0 Å². The van der Waals surface area contributed by atoms with Gasteiger partial charge < -0.3 is 9.47 Å². The lowest BCUT2D eigenvalue weighted by atomic mass is 10.1. The van der Waals surface area contributed by atoms with E-state index in [1.165, 1.54) is 0 Å². The van der Waals surface area contributed by atoms with Crippen LogP contribution in [0, 0.1) is 13.8 Å². The van der Waals surface area contributed by atoms with E-state index < -0.39 is 16.4 Å². The topological polar surface area (TPSA) is 69.7 Å². The van der Waals surface area contributed by atoms with E-state index in [-0.39, 0.29) is 24.4 Å². The molecule has 1 heterocycles. The Morgan fingerprint density at radius 2 is 1.46 bits per heavy atom. The number of ether oxygens (including phenoxy) is 2. The number of carbonyl (C=O) groups is 2. The van der Waals surface area contributed by atoms with Crippen molar-refractivity contribution in [1.82, 2.24) is 0 Å². The molecule has 3 aromatic carbocycles. The van der Waals surface area contributed by atoms with Gasteiger partial charge in [-0.1, -0.05) is 30.8 Å². The van der Waals surface area contributed by atoms with E-state index in [2.05, 4.69) is 6.58 Å². The first-order chi connectivity index (χ1) is 16.8. The molecular weight excluding hydrogens is 460 g/mol. The Morgan fingerprint density at radius 3 is 2.00 bits per heavy atom. The molecule has 4 aromatic rings. The lowest BCUT2D eigenvalue weighted by Gasteiger charge is -2.12. The number of benzene rings is 3. The average molecular weight is 488 g/mol. The molecule has 0 aliphatic rings. The number of rotatable bonds is 7. The average Bonchev–Trinajstić information content (AvgIpc) is 2.84. The summed E-state index contributed by atoms with van der Waals surface area (Å²) in [5, 5.41) is 1.46. The molecule has 0 spiro atoms. The number of aryl methyl sites for hydroxylation is 2. The van der Waals surface area contributed by atoms with Crippen LogP contribution in [0.5, 0.6) is 5.75 Å². The van der Waals surface area contributed by atoms with Gasteiger partial charge in [0.05, 0.1) is 17.4 Å². The van der Waals surface area contributed by atoms with E-state index in [0.29, 0.717) is 17.7 Å². The van der Waals surface area contributed by atoms with Crippen LogP contribution < -0.4 is 10.2 Å². The maximum absolute atomic E-state index is 13.1. The molecule has 0 aliphatic carbocycles. The number of carbonyl (C=O) groups excluding carboxylic acids is 2. The van der Waals surface area contributed by atoms with Gasteiger partial charge >= 0.3 is 11.9 Å². The molecule has 0 aliphatic heterocycles. The van der Waals surface area contributed by atoms with Crippen LogP contribution in [0.4, 0.5) is 0 Å². The van der Waals surface area contributed by atoms with E-state index in [9.17, 15) is 14.4 Å². The van der Waals surface area contributed by atoms with E-state index in [1.54, 1.807) is 6.92 Å². The second-order valence-electron chi connectivity index (χ2n) is 8.51. The fourth-order valence-corrected chi connectivity index (χ4v) is 6.57. The molecule has 0 amide bonds. The first kappa shape index (κ1) is 24.4. The third kappa shape index (κ3) is 5.03. The molecule has 0 N–H and O–H groups in total. The Hall–Kier alpha value is -3.77. The van der Waals surface area contributed by atoms with Crippen molar-refractivity contribution in [3.63, 3.8) is 0 Å². The highest BCUT2D eigenvalue weighted by molar-refractivity contribution is 7.49. The van der Waals surface area contributed by atoms with Gasteiger partial charge in [-0.2, -0.15) is 0 Å². The molecule has 5 nitrogen and oxygen atoms in total. The van der Waals surface area contributed by atoms with Crippen molar-refractivity contribution in [1.29, 1.82) is 0 Å². The highest BCUT2D eigenvalue weighted by Crippen LogP contribution is 2.45. The van der Waals surface area contributed by atoms with Crippen LogP contribution in [0.2, 0.25) is 0 Å². The van der Waals surface area contributed by atoms with Gasteiger partial charge in [0.25, 0.3) is 0 Å². The maximum atomic E-state index is 13.1. The summed E-state index contributed by atoms with van der Waals surface area (Å²) in [7, 11) is -0.452. The summed E-state index contributed by atoms with van der Waals surface area (Å²) in [6.07, 6.45) is 0.510. The SMILES string of the molecule is C=C(C)C(=O)OCCCC(=O)Oc1c(C)cc(-[s+]2c3ccccc3c(=O)c3ccccc32)cc1C. The van der Waals surface area contributed by atoms with Gasteiger partial charge in [-0.15, -0.1) is 0 Å². The normalized spacial score (nSPS) is 10.9. The van der Waals surface area contributed by atoms with Crippen molar-refractivity contribution in [2.45, 2.75) is 33.6 Å². The van der Waals surface area contributed by atoms with E-state index in [4.69, 9.17) is 9.47 Å². The van der Waals surface area contributed by atoms with E-state index in [0.717, 1.165) is 36.2 Å². The van der Waals surface area contributed by atoms with Gasteiger partial charge in [0.1, 0.15) is 5.75 Å². The molecule has 0 radical (unpaired) electrons. The quantitative estimate of drug-likeness (QED) is 0.0742. The Kier molecular flexibility index (Phi) is 7.12. The van der Waals surface area contributed by atoms with Gasteiger partial charge in [0.15, 0.2) is 14.3 Å². The van der Waals surface area contributed by atoms with Gasteiger partial charge in [0.2, 0.25) is 5.43 Å². The summed E-state index contributed by atoms with van der Waals surface area (Å²) in [4.78, 5) is 38.0. The maximum Gasteiger partial charge on any atom is 0.333 e. The third-order valence-corrected chi connectivity index (χ3v) is 7.99. The number of esters is 2.